The molecule has 0 atom stereocenters. The molecule has 0 bridgehead atoms. The van der Waals surface area contributed by atoms with Crippen LogP contribution in [0.1, 0.15) is 30.9 Å². The monoisotopic (exact) mass is 238 g/mol. The van der Waals surface area contributed by atoms with Gasteiger partial charge in [-0.1, -0.05) is 24.6 Å². The Morgan fingerprint density at radius 2 is 2.25 bits per heavy atom. The lowest BCUT2D eigenvalue weighted by Crippen LogP contribution is -2.14. The zero-order valence-corrected chi connectivity index (χ0v) is 10.5. The van der Waals surface area contributed by atoms with Crippen LogP contribution in [0, 0.1) is 6.92 Å². The molecule has 0 radical (unpaired) electrons. The second-order valence-corrected chi connectivity index (χ2v) is 4.82. The summed E-state index contributed by atoms with van der Waals surface area (Å²) in [5.41, 5.74) is 7.64. The van der Waals surface area contributed by atoms with Gasteiger partial charge >= 0.3 is 0 Å². The molecule has 1 aromatic rings. The third kappa shape index (κ3) is 3.45. The van der Waals surface area contributed by atoms with E-state index >= 15 is 0 Å². The molecule has 0 fully saturated rings. The number of aryl methyl sites for hydroxylation is 1. The third-order valence-electron chi connectivity index (χ3n) is 2.28. The SMILES string of the molecule is CCCCSc1cc(C)ccc1C(N)=NO. The Morgan fingerprint density at radius 3 is 2.88 bits per heavy atom. The molecule has 0 unspecified atom stereocenters. The third-order valence-corrected chi connectivity index (χ3v) is 3.42. The van der Waals surface area contributed by atoms with Gasteiger partial charge in [0.05, 0.1) is 0 Å². The number of amidine groups is 1. The fraction of sp³-hybridized carbons (Fsp3) is 0.417. The van der Waals surface area contributed by atoms with Crippen molar-refractivity contribution in [1.29, 1.82) is 0 Å². The second kappa shape index (κ2) is 6.43. The van der Waals surface area contributed by atoms with Crippen LogP contribution in [0.5, 0.6) is 0 Å². The predicted octanol–water partition coefficient (Wildman–Crippen LogP) is 2.98. The van der Waals surface area contributed by atoms with Crippen molar-refractivity contribution >= 4 is 17.6 Å². The van der Waals surface area contributed by atoms with Crippen LogP contribution < -0.4 is 5.73 Å². The van der Waals surface area contributed by atoms with E-state index in [2.05, 4.69) is 18.1 Å². The molecule has 0 aliphatic carbocycles. The van der Waals surface area contributed by atoms with Gasteiger partial charge in [-0.3, -0.25) is 0 Å². The topological polar surface area (TPSA) is 58.6 Å². The summed E-state index contributed by atoms with van der Waals surface area (Å²) in [6.07, 6.45) is 2.35. The first-order valence-electron chi connectivity index (χ1n) is 5.40. The van der Waals surface area contributed by atoms with Crippen LogP contribution in [0.3, 0.4) is 0 Å². The summed E-state index contributed by atoms with van der Waals surface area (Å²) in [6, 6.07) is 5.95. The van der Waals surface area contributed by atoms with Crippen molar-refractivity contribution in [3.8, 4) is 0 Å². The van der Waals surface area contributed by atoms with Crippen molar-refractivity contribution < 1.29 is 5.21 Å². The summed E-state index contributed by atoms with van der Waals surface area (Å²) in [5, 5.41) is 11.8. The van der Waals surface area contributed by atoms with Crippen LogP contribution in [0.2, 0.25) is 0 Å². The molecule has 0 aromatic heterocycles. The van der Waals surface area contributed by atoms with Gasteiger partial charge in [-0.05, 0) is 36.8 Å². The molecule has 3 N–H and O–H groups in total. The quantitative estimate of drug-likeness (QED) is 0.207. The van der Waals surface area contributed by atoms with Gasteiger partial charge in [0.1, 0.15) is 0 Å². The van der Waals surface area contributed by atoms with E-state index in [1.54, 1.807) is 11.8 Å². The van der Waals surface area contributed by atoms with Crippen LogP contribution in [0.4, 0.5) is 0 Å². The van der Waals surface area contributed by atoms with Gasteiger partial charge in [-0.25, -0.2) is 0 Å². The molecule has 0 aliphatic heterocycles. The number of nitrogens with zero attached hydrogens (tertiary/aromatic N) is 1. The lowest BCUT2D eigenvalue weighted by atomic mass is 10.1. The zero-order valence-electron chi connectivity index (χ0n) is 9.73. The van der Waals surface area contributed by atoms with E-state index in [1.807, 2.05) is 19.1 Å². The average molecular weight is 238 g/mol. The first kappa shape index (κ1) is 12.9. The summed E-state index contributed by atoms with van der Waals surface area (Å²) >= 11 is 1.76. The van der Waals surface area contributed by atoms with E-state index in [0.29, 0.717) is 0 Å². The van der Waals surface area contributed by atoms with E-state index in [-0.39, 0.29) is 5.84 Å². The van der Waals surface area contributed by atoms with Crippen molar-refractivity contribution in [1.82, 2.24) is 0 Å². The van der Waals surface area contributed by atoms with Crippen molar-refractivity contribution in [2.24, 2.45) is 10.9 Å². The Kier molecular flexibility index (Phi) is 5.19. The number of benzene rings is 1. The first-order valence-corrected chi connectivity index (χ1v) is 6.39. The Morgan fingerprint density at radius 1 is 1.50 bits per heavy atom. The summed E-state index contributed by atoms with van der Waals surface area (Å²) < 4.78 is 0. The number of hydrogen-bond donors (Lipinski definition) is 2. The fourth-order valence-electron chi connectivity index (χ4n) is 1.34. The Labute approximate surface area is 101 Å². The number of hydrogen-bond acceptors (Lipinski definition) is 3. The molecule has 0 amide bonds. The maximum Gasteiger partial charge on any atom is 0.171 e. The van der Waals surface area contributed by atoms with Crippen LogP contribution in [-0.4, -0.2) is 16.8 Å². The van der Waals surface area contributed by atoms with Gasteiger partial charge in [-0.15, -0.1) is 11.8 Å². The standard InChI is InChI=1S/C12H18N2OS/c1-3-4-7-16-11-8-9(2)5-6-10(11)12(13)14-15/h5-6,8,15H,3-4,7H2,1-2H3,(H2,13,14). The number of thioether (sulfide) groups is 1. The summed E-state index contributed by atoms with van der Waals surface area (Å²) in [6.45, 7) is 4.21. The lowest BCUT2D eigenvalue weighted by Gasteiger charge is -2.08. The van der Waals surface area contributed by atoms with E-state index in [9.17, 15) is 0 Å². The van der Waals surface area contributed by atoms with Gasteiger partial charge in [0, 0.05) is 10.5 Å². The lowest BCUT2D eigenvalue weighted by molar-refractivity contribution is 0.318. The second-order valence-electron chi connectivity index (χ2n) is 3.69. The molecule has 0 spiro atoms. The van der Waals surface area contributed by atoms with Crippen LogP contribution in [0.15, 0.2) is 28.3 Å². The van der Waals surface area contributed by atoms with Gasteiger partial charge in [0.15, 0.2) is 5.84 Å². The molecule has 0 aliphatic rings. The predicted molar refractivity (Wildman–Crippen MR) is 69.3 cm³/mol. The van der Waals surface area contributed by atoms with Crippen molar-refractivity contribution in [3.05, 3.63) is 29.3 Å². The molecule has 3 nitrogen and oxygen atoms in total. The molecule has 88 valence electrons. The molecule has 4 heteroatoms. The molecule has 0 heterocycles. The van der Waals surface area contributed by atoms with Crippen molar-refractivity contribution in [2.75, 3.05) is 5.75 Å². The zero-order chi connectivity index (χ0) is 12.0. The maximum atomic E-state index is 8.71. The van der Waals surface area contributed by atoms with Gasteiger partial charge in [-0.2, -0.15) is 0 Å². The van der Waals surface area contributed by atoms with E-state index in [4.69, 9.17) is 10.9 Å². The molecule has 16 heavy (non-hydrogen) atoms. The summed E-state index contributed by atoms with van der Waals surface area (Å²) in [5.74, 6) is 1.24. The minimum Gasteiger partial charge on any atom is -0.409 e. The van der Waals surface area contributed by atoms with Crippen molar-refractivity contribution in [2.45, 2.75) is 31.6 Å². The molecular formula is C12H18N2OS. The van der Waals surface area contributed by atoms with Gasteiger partial charge < -0.3 is 10.9 Å². The van der Waals surface area contributed by atoms with E-state index in [1.165, 1.54) is 18.4 Å². The van der Waals surface area contributed by atoms with Crippen molar-refractivity contribution in [3.63, 3.8) is 0 Å². The minimum absolute atomic E-state index is 0.180. The highest BCUT2D eigenvalue weighted by Gasteiger charge is 2.07. The van der Waals surface area contributed by atoms with Crippen LogP contribution in [0.25, 0.3) is 0 Å². The molecule has 0 saturated carbocycles. The highest BCUT2D eigenvalue weighted by Crippen LogP contribution is 2.25. The highest BCUT2D eigenvalue weighted by atomic mass is 32.2. The minimum atomic E-state index is 0.180. The molecule has 0 saturated heterocycles. The van der Waals surface area contributed by atoms with Gasteiger partial charge in [0.2, 0.25) is 0 Å². The van der Waals surface area contributed by atoms with E-state index < -0.39 is 0 Å². The first-order chi connectivity index (χ1) is 7.69. The number of nitrogens with two attached hydrogens (primary N) is 1. The maximum absolute atomic E-state index is 8.71. The average Bonchev–Trinajstić information content (AvgIpc) is 2.29. The number of rotatable bonds is 5. The Hall–Kier alpha value is -1.16. The Balaban J connectivity index is 2.90. The number of unbranched alkanes of at least 4 members (excludes halogenated alkanes) is 1. The van der Waals surface area contributed by atoms with Crippen LogP contribution in [-0.2, 0) is 0 Å². The summed E-state index contributed by atoms with van der Waals surface area (Å²) in [7, 11) is 0. The fourth-order valence-corrected chi connectivity index (χ4v) is 2.59. The van der Waals surface area contributed by atoms with E-state index in [0.717, 1.165) is 16.2 Å². The molecular weight excluding hydrogens is 220 g/mol. The highest BCUT2D eigenvalue weighted by molar-refractivity contribution is 7.99. The molecule has 1 rings (SSSR count). The largest absolute Gasteiger partial charge is 0.409 e. The molecule has 1 aromatic carbocycles. The summed E-state index contributed by atoms with van der Waals surface area (Å²) in [4.78, 5) is 1.09. The smallest absolute Gasteiger partial charge is 0.171 e. The van der Waals surface area contributed by atoms with Gasteiger partial charge in [0.25, 0.3) is 0 Å². The Bertz CT molecular complexity index is 377. The number of oxime groups is 1. The van der Waals surface area contributed by atoms with Crippen LogP contribution >= 0.6 is 11.8 Å². The normalized spacial score (nSPS) is 11.8.